The summed E-state index contributed by atoms with van der Waals surface area (Å²) in [6, 6.07) is 15.5. The quantitative estimate of drug-likeness (QED) is 0.570. The zero-order valence-corrected chi connectivity index (χ0v) is 17.9. The van der Waals surface area contributed by atoms with Gasteiger partial charge in [-0.15, -0.1) is 0 Å². The van der Waals surface area contributed by atoms with Crippen molar-refractivity contribution in [2.24, 2.45) is 0 Å². The molecule has 0 bridgehead atoms. The summed E-state index contributed by atoms with van der Waals surface area (Å²) in [6.07, 6.45) is 1.72. The van der Waals surface area contributed by atoms with Crippen molar-refractivity contribution in [1.82, 2.24) is 9.88 Å². The Morgan fingerprint density at radius 3 is 2.52 bits per heavy atom. The number of pyridine rings is 1. The maximum atomic E-state index is 13.5. The van der Waals surface area contributed by atoms with Crippen molar-refractivity contribution >= 4 is 5.91 Å². The van der Waals surface area contributed by atoms with Gasteiger partial charge in [0, 0.05) is 12.2 Å². The molecule has 1 fully saturated rings. The minimum atomic E-state index is -0.269. The van der Waals surface area contributed by atoms with Gasteiger partial charge in [0.2, 0.25) is 0 Å². The molecule has 1 atom stereocenters. The summed E-state index contributed by atoms with van der Waals surface area (Å²) in [5.41, 5.74) is 4.04. The molecule has 160 valence electrons. The van der Waals surface area contributed by atoms with Gasteiger partial charge in [0.1, 0.15) is 17.3 Å². The third kappa shape index (κ3) is 4.24. The Kier molecular flexibility index (Phi) is 5.89. The molecular formula is C25H25FN2O3. The minimum Gasteiger partial charge on any atom is -0.497 e. The van der Waals surface area contributed by atoms with Gasteiger partial charge in [-0.2, -0.15) is 0 Å². The molecule has 0 unspecified atom stereocenters. The van der Waals surface area contributed by atoms with Crippen LogP contribution in [0.5, 0.6) is 11.5 Å². The third-order valence-electron chi connectivity index (χ3n) is 5.64. The summed E-state index contributed by atoms with van der Waals surface area (Å²) >= 11 is 0. The summed E-state index contributed by atoms with van der Waals surface area (Å²) in [4.78, 5) is 20.1. The van der Waals surface area contributed by atoms with E-state index in [0.717, 1.165) is 35.4 Å². The minimum absolute atomic E-state index is 0.107. The molecule has 1 aliphatic rings. The summed E-state index contributed by atoms with van der Waals surface area (Å²) in [5.74, 6) is 0.743. The van der Waals surface area contributed by atoms with Crippen molar-refractivity contribution < 1.29 is 18.7 Å². The lowest BCUT2D eigenvalue weighted by Gasteiger charge is -2.26. The first-order chi connectivity index (χ1) is 15.0. The van der Waals surface area contributed by atoms with Crippen LogP contribution in [0.15, 0.2) is 54.6 Å². The Labute approximate surface area is 181 Å². The largest absolute Gasteiger partial charge is 0.497 e. The monoisotopic (exact) mass is 420 g/mol. The molecule has 0 radical (unpaired) electrons. The highest BCUT2D eigenvalue weighted by atomic mass is 19.1. The van der Waals surface area contributed by atoms with E-state index in [2.05, 4.69) is 0 Å². The van der Waals surface area contributed by atoms with Crippen LogP contribution in [0.1, 0.15) is 40.6 Å². The highest BCUT2D eigenvalue weighted by Gasteiger charge is 2.33. The number of amides is 1. The maximum absolute atomic E-state index is 13.5. The summed E-state index contributed by atoms with van der Waals surface area (Å²) in [5, 5.41) is 0. The average Bonchev–Trinajstić information content (AvgIpc) is 3.28. The number of hydrogen-bond donors (Lipinski definition) is 0. The van der Waals surface area contributed by atoms with Gasteiger partial charge in [-0.05, 0) is 73.4 Å². The maximum Gasteiger partial charge on any atom is 0.258 e. The standard InChI is InChI=1S/C25H25FN2O3/c1-16-13-18(17-6-8-19(26)9-7-17)14-22(27-16)23-5-4-12-28(23)25(29)21-15-20(30-2)10-11-24(21)31-3/h6-11,13-15,23H,4-5,12H2,1-3H3/t23-/m1/s1. The van der Waals surface area contributed by atoms with Crippen LogP contribution in [0.2, 0.25) is 0 Å². The topological polar surface area (TPSA) is 51.7 Å². The van der Waals surface area contributed by atoms with Crippen molar-refractivity contribution in [2.75, 3.05) is 20.8 Å². The molecule has 0 saturated carbocycles. The third-order valence-corrected chi connectivity index (χ3v) is 5.64. The van der Waals surface area contributed by atoms with E-state index < -0.39 is 0 Å². The number of benzene rings is 2. The highest BCUT2D eigenvalue weighted by molar-refractivity contribution is 5.97. The SMILES string of the molecule is COc1ccc(OC)c(C(=O)N2CCC[C@@H]2c2cc(-c3ccc(F)cc3)cc(C)n2)c1. The van der Waals surface area contributed by atoms with Gasteiger partial charge in [0.05, 0.1) is 31.5 Å². The predicted octanol–water partition coefficient (Wildman–Crippen LogP) is 5.19. The van der Waals surface area contributed by atoms with E-state index >= 15 is 0 Å². The van der Waals surface area contributed by atoms with E-state index in [9.17, 15) is 9.18 Å². The Hall–Kier alpha value is -3.41. The number of halogens is 1. The molecule has 3 aromatic rings. The molecule has 6 heteroatoms. The number of rotatable bonds is 5. The van der Waals surface area contributed by atoms with Crippen molar-refractivity contribution in [3.63, 3.8) is 0 Å². The Bertz CT molecular complexity index is 1100. The fraction of sp³-hybridized carbons (Fsp3) is 0.280. The summed E-state index contributed by atoms with van der Waals surface area (Å²) < 4.78 is 24.1. The first kappa shape index (κ1) is 20.8. The second-order valence-electron chi connectivity index (χ2n) is 7.65. The molecule has 0 spiro atoms. The molecule has 5 nitrogen and oxygen atoms in total. The Morgan fingerprint density at radius 2 is 1.81 bits per heavy atom. The zero-order chi connectivity index (χ0) is 22.0. The van der Waals surface area contributed by atoms with Crippen LogP contribution in [0.3, 0.4) is 0 Å². The van der Waals surface area contributed by atoms with E-state index in [4.69, 9.17) is 14.5 Å². The van der Waals surface area contributed by atoms with Crippen LogP contribution in [0, 0.1) is 12.7 Å². The second kappa shape index (κ2) is 8.76. The molecule has 31 heavy (non-hydrogen) atoms. The average molecular weight is 420 g/mol. The number of aromatic nitrogens is 1. The molecular weight excluding hydrogens is 395 g/mol. The predicted molar refractivity (Wildman–Crippen MR) is 117 cm³/mol. The van der Waals surface area contributed by atoms with Crippen LogP contribution in [-0.4, -0.2) is 36.6 Å². The molecule has 4 rings (SSSR count). The number of nitrogens with zero attached hydrogens (tertiary/aromatic N) is 2. The van der Waals surface area contributed by atoms with E-state index in [1.165, 1.54) is 12.1 Å². The van der Waals surface area contributed by atoms with Crippen molar-refractivity contribution in [2.45, 2.75) is 25.8 Å². The van der Waals surface area contributed by atoms with Gasteiger partial charge in [0.15, 0.2) is 0 Å². The smallest absolute Gasteiger partial charge is 0.258 e. The number of aryl methyl sites for hydroxylation is 1. The molecule has 1 aliphatic heterocycles. The Morgan fingerprint density at radius 1 is 1.03 bits per heavy atom. The van der Waals surface area contributed by atoms with Gasteiger partial charge in [-0.25, -0.2) is 4.39 Å². The van der Waals surface area contributed by atoms with Gasteiger partial charge in [-0.1, -0.05) is 12.1 Å². The molecule has 1 saturated heterocycles. The summed E-state index contributed by atoms with van der Waals surface area (Å²) in [7, 11) is 3.12. The van der Waals surface area contributed by atoms with Crippen molar-refractivity contribution in [1.29, 1.82) is 0 Å². The van der Waals surface area contributed by atoms with Crippen LogP contribution < -0.4 is 9.47 Å². The van der Waals surface area contributed by atoms with Gasteiger partial charge in [-0.3, -0.25) is 9.78 Å². The molecule has 0 aliphatic carbocycles. The lowest BCUT2D eigenvalue weighted by atomic mass is 10.0. The lowest BCUT2D eigenvalue weighted by Crippen LogP contribution is -2.31. The first-order valence-electron chi connectivity index (χ1n) is 10.3. The second-order valence-corrected chi connectivity index (χ2v) is 7.65. The lowest BCUT2D eigenvalue weighted by molar-refractivity contribution is 0.0729. The van der Waals surface area contributed by atoms with Gasteiger partial charge >= 0.3 is 0 Å². The van der Waals surface area contributed by atoms with Gasteiger partial charge in [0.25, 0.3) is 5.91 Å². The number of methoxy groups -OCH3 is 2. The highest BCUT2D eigenvalue weighted by Crippen LogP contribution is 2.36. The van der Waals surface area contributed by atoms with Crippen molar-refractivity contribution in [3.8, 4) is 22.6 Å². The zero-order valence-electron chi connectivity index (χ0n) is 17.9. The molecule has 1 aromatic heterocycles. The molecule has 0 N–H and O–H groups in total. The molecule has 2 aromatic carbocycles. The number of hydrogen-bond acceptors (Lipinski definition) is 4. The van der Waals surface area contributed by atoms with Crippen LogP contribution in [0.25, 0.3) is 11.1 Å². The van der Waals surface area contributed by atoms with E-state index in [1.54, 1.807) is 44.6 Å². The first-order valence-corrected chi connectivity index (χ1v) is 10.3. The number of carbonyl (C=O) groups excluding carboxylic acids is 1. The van der Waals surface area contributed by atoms with Crippen LogP contribution in [-0.2, 0) is 0 Å². The fourth-order valence-electron chi connectivity index (χ4n) is 4.13. The van der Waals surface area contributed by atoms with Gasteiger partial charge < -0.3 is 14.4 Å². The van der Waals surface area contributed by atoms with E-state index in [1.807, 2.05) is 24.0 Å². The number of likely N-dealkylation sites (tertiary alicyclic amines) is 1. The molecule has 2 heterocycles. The number of ether oxygens (including phenoxy) is 2. The normalized spacial score (nSPS) is 15.7. The van der Waals surface area contributed by atoms with E-state index in [-0.39, 0.29) is 17.8 Å². The van der Waals surface area contributed by atoms with Crippen LogP contribution >= 0.6 is 0 Å². The van der Waals surface area contributed by atoms with Crippen molar-refractivity contribution in [3.05, 3.63) is 77.4 Å². The van der Waals surface area contributed by atoms with Crippen LogP contribution in [0.4, 0.5) is 4.39 Å². The fourth-order valence-corrected chi connectivity index (χ4v) is 4.13. The molecule has 1 amide bonds. The van der Waals surface area contributed by atoms with E-state index in [0.29, 0.717) is 23.6 Å². The Balaban J connectivity index is 1.69. The number of carbonyl (C=O) groups is 1. The summed E-state index contributed by atoms with van der Waals surface area (Å²) in [6.45, 7) is 2.58.